The Balaban J connectivity index is 1.57. The molecular weight excluding hydrogens is 348 g/mol. The molecule has 0 amide bonds. The van der Waals surface area contributed by atoms with Crippen LogP contribution in [0, 0.1) is 17.6 Å². The lowest BCUT2D eigenvalue weighted by Crippen LogP contribution is -2.35. The fraction of sp³-hybridized carbons (Fsp3) is 0.455. The predicted octanol–water partition coefficient (Wildman–Crippen LogP) is 4.18. The third kappa shape index (κ3) is 5.50. The maximum atomic E-state index is 13.8. The fourth-order valence-corrected chi connectivity index (χ4v) is 3.82. The molecule has 0 aliphatic carbocycles. The van der Waals surface area contributed by atoms with E-state index in [2.05, 4.69) is 4.90 Å². The van der Waals surface area contributed by atoms with Gasteiger partial charge < -0.3 is 9.84 Å². The van der Waals surface area contributed by atoms with E-state index in [1.807, 2.05) is 24.3 Å². The number of rotatable bonds is 8. The van der Waals surface area contributed by atoms with Gasteiger partial charge in [0.05, 0.1) is 6.61 Å². The van der Waals surface area contributed by atoms with Gasteiger partial charge in [-0.3, -0.25) is 4.90 Å². The molecule has 1 aliphatic heterocycles. The maximum Gasteiger partial charge on any atom is 0.129 e. The molecule has 1 heterocycles. The highest BCUT2D eigenvalue weighted by Gasteiger charge is 2.22. The third-order valence-corrected chi connectivity index (χ3v) is 5.18. The van der Waals surface area contributed by atoms with Gasteiger partial charge in [0.1, 0.15) is 24.0 Å². The number of halogens is 2. The smallest absolute Gasteiger partial charge is 0.129 e. The molecular formula is C22H27F2NO2. The van der Waals surface area contributed by atoms with Crippen LogP contribution < -0.4 is 4.74 Å². The minimum absolute atomic E-state index is 0.00721. The van der Waals surface area contributed by atoms with Crippen molar-refractivity contribution in [3.05, 3.63) is 65.2 Å². The van der Waals surface area contributed by atoms with Gasteiger partial charge in [0.25, 0.3) is 0 Å². The van der Waals surface area contributed by atoms with Crippen molar-refractivity contribution in [2.45, 2.75) is 32.2 Å². The summed E-state index contributed by atoms with van der Waals surface area (Å²) in [4.78, 5) is 2.38. The van der Waals surface area contributed by atoms with Crippen LogP contribution in [0.1, 0.15) is 30.4 Å². The lowest BCUT2D eigenvalue weighted by atomic mass is 9.91. The second-order valence-corrected chi connectivity index (χ2v) is 7.16. The Hall–Kier alpha value is -1.98. The maximum absolute atomic E-state index is 13.8. The minimum Gasteiger partial charge on any atom is -0.491 e. The summed E-state index contributed by atoms with van der Waals surface area (Å²) in [5, 5.41) is 8.98. The molecule has 0 radical (unpaired) electrons. The van der Waals surface area contributed by atoms with Gasteiger partial charge in [-0.25, -0.2) is 8.78 Å². The van der Waals surface area contributed by atoms with Crippen LogP contribution in [0.5, 0.6) is 5.75 Å². The number of nitrogens with zero attached hydrogens (tertiary/aromatic N) is 1. The summed E-state index contributed by atoms with van der Waals surface area (Å²) in [5.41, 5.74) is 1.31. The molecule has 146 valence electrons. The van der Waals surface area contributed by atoms with Gasteiger partial charge in [0.2, 0.25) is 0 Å². The molecule has 0 bridgehead atoms. The number of para-hydroxylation sites is 1. The number of ether oxygens (including phenoxy) is 1. The molecule has 0 spiro atoms. The summed E-state index contributed by atoms with van der Waals surface area (Å²) in [5.74, 6) is 0.348. The van der Waals surface area contributed by atoms with Gasteiger partial charge >= 0.3 is 0 Å². The topological polar surface area (TPSA) is 32.7 Å². The van der Waals surface area contributed by atoms with E-state index in [1.165, 1.54) is 18.2 Å². The fourth-order valence-electron chi connectivity index (χ4n) is 3.82. The largest absolute Gasteiger partial charge is 0.491 e. The van der Waals surface area contributed by atoms with Crippen molar-refractivity contribution >= 4 is 0 Å². The molecule has 27 heavy (non-hydrogen) atoms. The molecule has 1 N–H and O–H groups in total. The average molecular weight is 375 g/mol. The summed E-state index contributed by atoms with van der Waals surface area (Å²) in [6.07, 6.45) is 3.41. The van der Waals surface area contributed by atoms with E-state index in [0.717, 1.165) is 50.2 Å². The van der Waals surface area contributed by atoms with Crippen molar-refractivity contribution in [2.24, 2.45) is 5.92 Å². The first kappa shape index (κ1) is 19.8. The zero-order valence-corrected chi connectivity index (χ0v) is 15.5. The lowest BCUT2D eigenvalue weighted by Gasteiger charge is -2.33. The Kier molecular flexibility index (Phi) is 7.18. The van der Waals surface area contributed by atoms with E-state index >= 15 is 0 Å². The highest BCUT2D eigenvalue weighted by molar-refractivity contribution is 5.33. The Morgan fingerprint density at radius 3 is 2.63 bits per heavy atom. The van der Waals surface area contributed by atoms with E-state index < -0.39 is 11.6 Å². The molecule has 5 heteroatoms. The Morgan fingerprint density at radius 2 is 1.85 bits per heavy atom. The SMILES string of the molecule is OCCOc1ccccc1CN1CCC[C@H](CCc2c(F)cccc2F)C1. The number of likely N-dealkylation sites (tertiary alicyclic amines) is 1. The number of aliphatic hydroxyl groups excluding tert-OH is 1. The Morgan fingerprint density at radius 1 is 1.07 bits per heavy atom. The van der Waals surface area contributed by atoms with Gasteiger partial charge in [-0.1, -0.05) is 24.3 Å². The minimum atomic E-state index is -0.447. The molecule has 2 aromatic carbocycles. The van der Waals surface area contributed by atoms with Gasteiger partial charge in [-0.2, -0.15) is 0 Å². The van der Waals surface area contributed by atoms with Crippen molar-refractivity contribution in [3.63, 3.8) is 0 Å². The summed E-state index contributed by atoms with van der Waals surface area (Å²) in [6.45, 7) is 3.00. The lowest BCUT2D eigenvalue weighted by molar-refractivity contribution is 0.157. The predicted molar refractivity (Wildman–Crippen MR) is 102 cm³/mol. The number of aliphatic hydroxyl groups is 1. The third-order valence-electron chi connectivity index (χ3n) is 5.18. The summed E-state index contributed by atoms with van der Waals surface area (Å²) < 4.78 is 33.3. The zero-order chi connectivity index (χ0) is 19.1. The van der Waals surface area contributed by atoms with Crippen LogP contribution in [0.4, 0.5) is 8.78 Å². The van der Waals surface area contributed by atoms with Crippen molar-refractivity contribution in [3.8, 4) is 5.75 Å². The highest BCUT2D eigenvalue weighted by atomic mass is 19.1. The normalized spacial score (nSPS) is 17.8. The molecule has 3 rings (SSSR count). The van der Waals surface area contributed by atoms with Gasteiger partial charge in [-0.05, 0) is 56.3 Å². The molecule has 1 saturated heterocycles. The molecule has 2 aromatic rings. The number of piperidine rings is 1. The Bertz CT molecular complexity index is 718. The van der Waals surface area contributed by atoms with Crippen LogP contribution in [0.3, 0.4) is 0 Å². The van der Waals surface area contributed by atoms with Crippen molar-refractivity contribution < 1.29 is 18.6 Å². The van der Waals surface area contributed by atoms with Crippen molar-refractivity contribution in [1.82, 2.24) is 4.90 Å². The second-order valence-electron chi connectivity index (χ2n) is 7.16. The standard InChI is InChI=1S/C22H27F2NO2/c23-20-7-3-8-21(24)19(20)11-10-17-5-4-12-25(15-17)16-18-6-1-2-9-22(18)27-14-13-26/h1-3,6-9,17,26H,4-5,10-16H2/t17-/m1/s1. The van der Waals surface area contributed by atoms with Gasteiger partial charge in [0.15, 0.2) is 0 Å². The number of hydrogen-bond acceptors (Lipinski definition) is 3. The summed E-state index contributed by atoms with van der Waals surface area (Å²) in [7, 11) is 0. The number of hydrogen-bond donors (Lipinski definition) is 1. The van der Waals surface area contributed by atoms with Crippen LogP contribution in [0.25, 0.3) is 0 Å². The van der Waals surface area contributed by atoms with E-state index in [1.54, 1.807) is 0 Å². The van der Waals surface area contributed by atoms with E-state index in [4.69, 9.17) is 9.84 Å². The van der Waals surface area contributed by atoms with Crippen LogP contribution in [-0.4, -0.2) is 36.3 Å². The second kappa shape index (κ2) is 9.81. The van der Waals surface area contributed by atoms with Crippen LogP contribution in [0.15, 0.2) is 42.5 Å². The molecule has 0 aromatic heterocycles. The first-order valence-electron chi connectivity index (χ1n) is 9.64. The molecule has 0 unspecified atom stereocenters. The van der Waals surface area contributed by atoms with Crippen molar-refractivity contribution in [2.75, 3.05) is 26.3 Å². The van der Waals surface area contributed by atoms with Crippen molar-refractivity contribution in [1.29, 1.82) is 0 Å². The first-order chi connectivity index (χ1) is 13.2. The monoisotopic (exact) mass is 375 g/mol. The van der Waals surface area contributed by atoms with Gasteiger partial charge in [0, 0.05) is 24.2 Å². The highest BCUT2D eigenvalue weighted by Crippen LogP contribution is 2.26. The van der Waals surface area contributed by atoms with E-state index in [9.17, 15) is 8.78 Å². The number of benzene rings is 2. The van der Waals surface area contributed by atoms with Gasteiger partial charge in [-0.15, -0.1) is 0 Å². The summed E-state index contributed by atoms with van der Waals surface area (Å²) >= 11 is 0. The van der Waals surface area contributed by atoms with E-state index in [0.29, 0.717) is 12.3 Å². The molecule has 1 fully saturated rings. The molecule has 0 saturated carbocycles. The van der Waals surface area contributed by atoms with Crippen LogP contribution in [-0.2, 0) is 13.0 Å². The average Bonchev–Trinajstić information content (AvgIpc) is 2.67. The van der Waals surface area contributed by atoms with E-state index in [-0.39, 0.29) is 18.8 Å². The van der Waals surface area contributed by atoms with Crippen LogP contribution in [0.2, 0.25) is 0 Å². The Labute approximate surface area is 159 Å². The molecule has 1 atom stereocenters. The quantitative estimate of drug-likeness (QED) is 0.751. The first-order valence-corrected chi connectivity index (χ1v) is 9.64. The summed E-state index contributed by atoms with van der Waals surface area (Å²) in [6, 6.07) is 12.0. The zero-order valence-electron chi connectivity index (χ0n) is 15.5. The molecule has 1 aliphatic rings. The van der Waals surface area contributed by atoms with Crippen LogP contribution >= 0.6 is 0 Å². The molecule has 3 nitrogen and oxygen atoms in total.